The van der Waals surface area contributed by atoms with E-state index in [1.807, 2.05) is 20.9 Å². The van der Waals surface area contributed by atoms with E-state index in [2.05, 4.69) is 43.0 Å². The second-order valence-electron chi connectivity index (χ2n) is 7.88. The molecular weight excluding hydrogens is 428 g/mol. The van der Waals surface area contributed by atoms with E-state index < -0.39 is 11.6 Å². The Hall–Kier alpha value is -1.73. The molecule has 1 aliphatic carbocycles. The van der Waals surface area contributed by atoms with Crippen molar-refractivity contribution in [2.24, 2.45) is 10.9 Å². The Morgan fingerprint density at radius 3 is 1.91 bits per heavy atom. The molecule has 0 atom stereocenters. The SMILES string of the molecule is C=C(C)SC(CC(C)C)=NC.CCNC(C)=O.CCNC1CC1.Cc1cc(F)cc(F)c1. The molecule has 1 fully saturated rings. The third-order valence-electron chi connectivity index (χ3n) is 3.63. The van der Waals surface area contributed by atoms with Gasteiger partial charge in [0.2, 0.25) is 5.91 Å². The van der Waals surface area contributed by atoms with Crippen LogP contribution < -0.4 is 10.6 Å². The zero-order valence-electron chi connectivity index (χ0n) is 21.1. The van der Waals surface area contributed by atoms with Crippen molar-refractivity contribution in [1.29, 1.82) is 0 Å². The van der Waals surface area contributed by atoms with Crippen molar-refractivity contribution in [3.8, 4) is 0 Å². The molecule has 0 radical (unpaired) electrons. The molecule has 2 N–H and O–H groups in total. The van der Waals surface area contributed by atoms with Gasteiger partial charge in [-0.3, -0.25) is 9.79 Å². The van der Waals surface area contributed by atoms with Crippen molar-refractivity contribution in [1.82, 2.24) is 10.6 Å². The second kappa shape index (κ2) is 19.9. The highest BCUT2D eigenvalue weighted by molar-refractivity contribution is 8.17. The second-order valence-corrected chi connectivity index (χ2v) is 9.26. The fraction of sp³-hybridized carbons (Fsp3) is 0.600. The van der Waals surface area contributed by atoms with Crippen LogP contribution in [0.15, 0.2) is 34.7 Å². The third-order valence-corrected chi connectivity index (χ3v) is 4.56. The minimum Gasteiger partial charge on any atom is -0.357 e. The van der Waals surface area contributed by atoms with Crippen LogP contribution in [-0.4, -0.2) is 37.1 Å². The molecule has 1 aromatic carbocycles. The Kier molecular flexibility index (Phi) is 20.2. The Balaban J connectivity index is 0. The average molecular weight is 472 g/mol. The molecule has 0 aromatic heterocycles. The summed E-state index contributed by atoms with van der Waals surface area (Å²) in [6, 6.07) is 4.31. The lowest BCUT2D eigenvalue weighted by atomic mass is 10.1. The summed E-state index contributed by atoms with van der Waals surface area (Å²) in [5.74, 6) is -0.321. The van der Waals surface area contributed by atoms with Gasteiger partial charge < -0.3 is 10.6 Å². The summed E-state index contributed by atoms with van der Waals surface area (Å²) in [4.78, 5) is 15.2. The topological polar surface area (TPSA) is 53.5 Å². The first-order valence-electron chi connectivity index (χ1n) is 11.1. The molecule has 0 aliphatic heterocycles. The predicted molar refractivity (Wildman–Crippen MR) is 137 cm³/mol. The van der Waals surface area contributed by atoms with Crippen LogP contribution in [0.2, 0.25) is 0 Å². The molecule has 1 aromatic rings. The molecule has 7 heteroatoms. The van der Waals surface area contributed by atoms with E-state index in [0.29, 0.717) is 11.5 Å². The lowest BCUT2D eigenvalue weighted by Crippen LogP contribution is -2.18. The third kappa shape index (κ3) is 24.5. The van der Waals surface area contributed by atoms with Gasteiger partial charge in [0, 0.05) is 32.6 Å². The monoisotopic (exact) mass is 471 g/mol. The van der Waals surface area contributed by atoms with Gasteiger partial charge in [0.05, 0.1) is 5.04 Å². The number of carbonyl (C=O) groups is 1. The van der Waals surface area contributed by atoms with Crippen molar-refractivity contribution >= 4 is 22.7 Å². The van der Waals surface area contributed by atoms with Gasteiger partial charge in [-0.25, -0.2) is 8.78 Å². The van der Waals surface area contributed by atoms with Crippen LogP contribution in [0.5, 0.6) is 0 Å². The molecule has 2 rings (SSSR count). The normalized spacial score (nSPS) is 12.4. The lowest BCUT2D eigenvalue weighted by molar-refractivity contribution is -0.118. The minimum atomic E-state index is -0.521. The number of benzene rings is 1. The maximum Gasteiger partial charge on any atom is 0.216 e. The number of hydrogen-bond donors (Lipinski definition) is 2. The highest BCUT2D eigenvalue weighted by Crippen LogP contribution is 2.19. The van der Waals surface area contributed by atoms with Gasteiger partial charge in [0.25, 0.3) is 0 Å². The van der Waals surface area contributed by atoms with Crippen LogP contribution in [0.1, 0.15) is 66.4 Å². The van der Waals surface area contributed by atoms with E-state index in [9.17, 15) is 13.6 Å². The molecule has 0 spiro atoms. The Morgan fingerprint density at radius 2 is 1.69 bits per heavy atom. The molecule has 184 valence electrons. The van der Waals surface area contributed by atoms with Crippen molar-refractivity contribution in [3.05, 3.63) is 46.9 Å². The van der Waals surface area contributed by atoms with E-state index in [-0.39, 0.29) is 5.91 Å². The van der Waals surface area contributed by atoms with Gasteiger partial charge in [0.1, 0.15) is 11.6 Å². The summed E-state index contributed by atoms with van der Waals surface area (Å²) in [5.41, 5.74) is 0.604. The first-order chi connectivity index (χ1) is 14.9. The minimum absolute atomic E-state index is 0.0394. The van der Waals surface area contributed by atoms with Crippen LogP contribution in [-0.2, 0) is 4.79 Å². The van der Waals surface area contributed by atoms with E-state index >= 15 is 0 Å². The maximum atomic E-state index is 12.2. The summed E-state index contributed by atoms with van der Waals surface area (Å²) in [7, 11) is 1.84. The highest BCUT2D eigenvalue weighted by Gasteiger charge is 2.18. The zero-order valence-corrected chi connectivity index (χ0v) is 22.0. The molecule has 1 aliphatic rings. The first-order valence-corrected chi connectivity index (χ1v) is 12.0. The summed E-state index contributed by atoms with van der Waals surface area (Å²) in [5, 5.41) is 7.08. The molecule has 0 heterocycles. The molecule has 1 saturated carbocycles. The van der Waals surface area contributed by atoms with Crippen LogP contribution >= 0.6 is 11.8 Å². The Morgan fingerprint density at radius 1 is 1.16 bits per heavy atom. The number of allylic oxidation sites excluding steroid dienone is 1. The van der Waals surface area contributed by atoms with E-state index in [1.165, 1.54) is 36.9 Å². The van der Waals surface area contributed by atoms with Gasteiger partial charge >= 0.3 is 0 Å². The van der Waals surface area contributed by atoms with Crippen molar-refractivity contribution in [2.75, 3.05) is 20.1 Å². The summed E-state index contributed by atoms with van der Waals surface area (Å²) in [6.45, 7) is 19.3. The Bertz CT molecular complexity index is 639. The lowest BCUT2D eigenvalue weighted by Gasteiger charge is -2.06. The quantitative estimate of drug-likeness (QED) is 0.368. The van der Waals surface area contributed by atoms with Crippen molar-refractivity contribution in [3.63, 3.8) is 0 Å². The number of aryl methyl sites for hydroxylation is 1. The van der Waals surface area contributed by atoms with Gasteiger partial charge in [-0.1, -0.05) is 39.1 Å². The number of halogens is 2. The van der Waals surface area contributed by atoms with Crippen LogP contribution in [0, 0.1) is 24.5 Å². The molecule has 4 nitrogen and oxygen atoms in total. The molecule has 32 heavy (non-hydrogen) atoms. The van der Waals surface area contributed by atoms with E-state index in [4.69, 9.17) is 0 Å². The molecule has 0 bridgehead atoms. The maximum absolute atomic E-state index is 12.2. The number of hydrogen-bond acceptors (Lipinski definition) is 4. The standard InChI is InChI=1S/C9H17NS.C7H6F2.C5H11N.C4H9NO/c1-7(2)6-9(10-5)11-8(3)4;1-5-2-6(8)4-7(9)3-5;1-2-6-5-3-4-5;1-3-5-4(2)6/h7H,3,6H2,1-2,4-5H3;2-4H,1H3;5-6H,2-4H2,1H3;3H2,1-2H3,(H,5,6). The van der Waals surface area contributed by atoms with Gasteiger partial charge in [-0.15, -0.1) is 0 Å². The summed E-state index contributed by atoms with van der Waals surface area (Å²) < 4.78 is 24.4. The van der Waals surface area contributed by atoms with Gasteiger partial charge in [-0.05, 0) is 75.1 Å². The van der Waals surface area contributed by atoms with E-state index in [1.54, 1.807) is 18.7 Å². The fourth-order valence-corrected chi connectivity index (χ4v) is 3.16. The van der Waals surface area contributed by atoms with Crippen LogP contribution in [0.3, 0.4) is 0 Å². The molecule has 0 saturated heterocycles. The van der Waals surface area contributed by atoms with Crippen molar-refractivity contribution in [2.45, 2.75) is 73.8 Å². The highest BCUT2D eigenvalue weighted by atomic mass is 32.2. The first kappa shape index (κ1) is 32.4. The zero-order chi connectivity index (χ0) is 25.1. The summed E-state index contributed by atoms with van der Waals surface area (Å²) in [6.07, 6.45) is 3.88. The predicted octanol–water partition coefficient (Wildman–Crippen LogP) is 6.50. The number of aliphatic imine (C=N–C) groups is 1. The molecule has 1 amide bonds. The number of carbonyl (C=O) groups excluding carboxylic acids is 1. The number of nitrogens with one attached hydrogen (secondary N) is 2. The van der Waals surface area contributed by atoms with Crippen molar-refractivity contribution < 1.29 is 13.6 Å². The number of thioether (sulfide) groups is 1. The summed E-state index contributed by atoms with van der Waals surface area (Å²) >= 11 is 1.68. The number of amides is 1. The number of rotatable bonds is 6. The van der Waals surface area contributed by atoms with Gasteiger partial charge in [0.15, 0.2) is 0 Å². The largest absolute Gasteiger partial charge is 0.357 e. The fourth-order valence-electron chi connectivity index (χ4n) is 2.25. The van der Waals surface area contributed by atoms with Gasteiger partial charge in [-0.2, -0.15) is 0 Å². The smallest absolute Gasteiger partial charge is 0.216 e. The molecule has 0 unspecified atom stereocenters. The Labute approximate surface area is 198 Å². The van der Waals surface area contributed by atoms with Crippen LogP contribution in [0.25, 0.3) is 0 Å². The van der Waals surface area contributed by atoms with Crippen LogP contribution in [0.4, 0.5) is 8.78 Å². The number of nitrogens with zero attached hydrogens (tertiary/aromatic N) is 1. The molecular formula is C25H43F2N3OS. The average Bonchev–Trinajstić information content (AvgIpc) is 3.45. The van der Waals surface area contributed by atoms with E-state index in [0.717, 1.165) is 36.5 Å².